The molecule has 9 heavy (non-hydrogen) atoms. The summed E-state index contributed by atoms with van der Waals surface area (Å²) in [5, 5.41) is 14.5. The van der Waals surface area contributed by atoms with Crippen LogP contribution in [-0.2, 0) is 4.57 Å². The summed E-state index contributed by atoms with van der Waals surface area (Å²) in [5.74, 6) is 0. The van der Waals surface area contributed by atoms with E-state index in [4.69, 9.17) is 29.8 Å². The Balaban J connectivity index is 0. The highest BCUT2D eigenvalue weighted by Crippen LogP contribution is 2.25. The van der Waals surface area contributed by atoms with E-state index in [0.717, 1.165) is 0 Å². The fourth-order valence-corrected chi connectivity index (χ4v) is 0. The maximum atomic E-state index is 8.88. The van der Waals surface area contributed by atoms with Crippen molar-refractivity contribution in [2.45, 2.75) is 0 Å². The summed E-state index contributed by atoms with van der Waals surface area (Å²) in [6.45, 7) is 0. The number of nitrogens with zero attached hydrogens (tertiary/aromatic N) is 2. The lowest BCUT2D eigenvalue weighted by molar-refractivity contribution is 0.275. The zero-order chi connectivity index (χ0) is 7.91. The van der Waals surface area contributed by atoms with E-state index in [9.17, 15) is 0 Å². The second-order valence-electron chi connectivity index (χ2n) is 0.737. The molecule has 0 rings (SSSR count). The van der Waals surface area contributed by atoms with Gasteiger partial charge < -0.3 is 14.7 Å². The van der Waals surface area contributed by atoms with E-state index in [1.54, 1.807) is 0 Å². The quantitative estimate of drug-likeness (QED) is 0.384. The minimum absolute atomic E-state index is 1.24. The summed E-state index contributed by atoms with van der Waals surface area (Å²) >= 11 is 0. The van der Waals surface area contributed by atoms with Crippen molar-refractivity contribution in [3.05, 3.63) is 0 Å². The second-order valence-corrected chi connectivity index (χ2v) is 1.76. The van der Waals surface area contributed by atoms with Crippen LogP contribution in [0.25, 0.3) is 0 Å². The molecule has 0 aliphatic rings. The molecule has 3 N–H and O–H groups in total. The first kappa shape index (κ1) is 11.0. The summed E-state index contributed by atoms with van der Waals surface area (Å²) in [7, 11) is -4.64. The average molecular weight is 150 g/mol. The smallest absolute Gasteiger partial charge is 0.303 e. The second kappa shape index (κ2) is 5.23. The van der Waals surface area contributed by atoms with Gasteiger partial charge in [-0.1, -0.05) is 0 Å². The third kappa shape index (κ3) is 22700. The molecule has 0 fully saturated rings. The van der Waals surface area contributed by atoms with Gasteiger partial charge in [-0.05, 0) is 0 Å². The first-order chi connectivity index (χ1) is 3.91. The van der Waals surface area contributed by atoms with Gasteiger partial charge in [-0.2, -0.15) is 10.5 Å². The highest BCUT2D eigenvalue weighted by Gasteiger charge is 2.00. The van der Waals surface area contributed by atoms with Crippen LogP contribution in [0.1, 0.15) is 0 Å². The zero-order valence-electron chi connectivity index (χ0n) is 4.09. The lowest BCUT2D eigenvalue weighted by Crippen LogP contribution is -1.66. The van der Waals surface area contributed by atoms with Gasteiger partial charge in [-0.25, -0.2) is 4.57 Å². The SMILES string of the molecule is N#CC#N.O=P(O)(O)O. The van der Waals surface area contributed by atoms with Crippen molar-refractivity contribution in [1.29, 1.82) is 10.5 Å². The normalized spacial score (nSPS) is 7.67. The predicted octanol–water partition coefficient (Wildman–Crippen LogP) is -0.895. The molecular weight excluding hydrogens is 147 g/mol. The molecule has 0 spiro atoms. The third-order valence-electron chi connectivity index (χ3n) is 0.0500. The molecule has 0 aromatic rings. The van der Waals surface area contributed by atoms with Gasteiger partial charge in [0.2, 0.25) is 0 Å². The van der Waals surface area contributed by atoms with Gasteiger partial charge in [0.25, 0.3) is 0 Å². The molecule has 7 heteroatoms. The highest BCUT2D eigenvalue weighted by atomic mass is 31.2. The van der Waals surface area contributed by atoms with Gasteiger partial charge in [-0.15, -0.1) is 0 Å². The van der Waals surface area contributed by atoms with Crippen LogP contribution >= 0.6 is 7.82 Å². The van der Waals surface area contributed by atoms with Crippen molar-refractivity contribution in [3.63, 3.8) is 0 Å². The van der Waals surface area contributed by atoms with Gasteiger partial charge in [0.05, 0.1) is 0 Å². The Bertz CT molecular complexity index is 161. The number of nitriles is 2. The molecule has 0 aliphatic carbocycles. The summed E-state index contributed by atoms with van der Waals surface area (Å²) in [5.41, 5.74) is 0. The van der Waals surface area contributed by atoms with E-state index in [2.05, 4.69) is 0 Å². The molecule has 0 atom stereocenters. The Morgan fingerprint density at radius 1 is 1.11 bits per heavy atom. The van der Waals surface area contributed by atoms with Crippen LogP contribution in [0.15, 0.2) is 0 Å². The van der Waals surface area contributed by atoms with Gasteiger partial charge >= 0.3 is 7.82 Å². The van der Waals surface area contributed by atoms with E-state index in [1.165, 1.54) is 12.1 Å². The van der Waals surface area contributed by atoms with Crippen LogP contribution in [0, 0.1) is 22.7 Å². The highest BCUT2D eigenvalue weighted by molar-refractivity contribution is 7.45. The number of hydrogen-bond acceptors (Lipinski definition) is 3. The summed E-state index contributed by atoms with van der Waals surface area (Å²) < 4.78 is 8.88. The van der Waals surface area contributed by atoms with Gasteiger partial charge in [0, 0.05) is 0 Å². The molecule has 0 aliphatic heterocycles. The zero-order valence-corrected chi connectivity index (χ0v) is 4.99. The third-order valence-corrected chi connectivity index (χ3v) is 0.0500. The molecule has 0 saturated heterocycles. The predicted molar refractivity (Wildman–Crippen MR) is 25.5 cm³/mol. The van der Waals surface area contributed by atoms with Crippen molar-refractivity contribution < 1.29 is 19.2 Å². The fraction of sp³-hybridized carbons (Fsp3) is 0. The minimum atomic E-state index is -4.64. The Morgan fingerprint density at radius 3 is 1.22 bits per heavy atom. The maximum absolute atomic E-state index is 8.88. The molecule has 0 unspecified atom stereocenters. The molecule has 6 nitrogen and oxygen atoms in total. The molecule has 0 heterocycles. The van der Waals surface area contributed by atoms with E-state index in [-0.39, 0.29) is 0 Å². The summed E-state index contributed by atoms with van der Waals surface area (Å²) in [6.07, 6.45) is 0. The van der Waals surface area contributed by atoms with Crippen LogP contribution in [0.4, 0.5) is 0 Å². The van der Waals surface area contributed by atoms with Crippen LogP contribution in [0.2, 0.25) is 0 Å². The maximum Gasteiger partial charge on any atom is 0.466 e. The lowest BCUT2D eigenvalue weighted by atomic mass is 10.9. The van der Waals surface area contributed by atoms with Crippen molar-refractivity contribution in [1.82, 2.24) is 0 Å². The van der Waals surface area contributed by atoms with Crippen LogP contribution in [0.5, 0.6) is 0 Å². The van der Waals surface area contributed by atoms with Gasteiger partial charge in [-0.3, -0.25) is 0 Å². The molecular formula is C2H3N2O4P. The van der Waals surface area contributed by atoms with E-state index >= 15 is 0 Å². The molecule has 0 aromatic heterocycles. The van der Waals surface area contributed by atoms with Crippen LogP contribution in [-0.4, -0.2) is 14.7 Å². The molecule has 50 valence electrons. The molecule has 0 saturated carbocycles. The van der Waals surface area contributed by atoms with Crippen molar-refractivity contribution >= 4 is 7.82 Å². The number of phosphoric acid groups is 1. The van der Waals surface area contributed by atoms with Crippen LogP contribution < -0.4 is 0 Å². The van der Waals surface area contributed by atoms with E-state index in [0.29, 0.717) is 0 Å². The molecule has 0 radical (unpaired) electrons. The molecule has 0 amide bonds. The van der Waals surface area contributed by atoms with Crippen molar-refractivity contribution in [2.24, 2.45) is 0 Å². The average Bonchev–Trinajstić information content (AvgIpc) is 1.61. The van der Waals surface area contributed by atoms with Crippen molar-refractivity contribution in [3.8, 4) is 12.1 Å². The standard InChI is InChI=1S/C2N2.H3O4P/c3-1-2-4;1-5(2,3)4/h;(H3,1,2,3,4). The summed E-state index contributed by atoms with van der Waals surface area (Å²) in [6, 6.07) is 2.47. The fourth-order valence-electron chi connectivity index (χ4n) is 0. The first-order valence-corrected chi connectivity index (χ1v) is 3.04. The number of hydrogen-bond donors (Lipinski definition) is 3. The Hall–Kier alpha value is -0.910. The first-order valence-electron chi connectivity index (χ1n) is 1.48. The van der Waals surface area contributed by atoms with E-state index in [1.807, 2.05) is 0 Å². The monoisotopic (exact) mass is 150 g/mol. The van der Waals surface area contributed by atoms with Crippen LogP contribution in [0.3, 0.4) is 0 Å². The number of rotatable bonds is 0. The van der Waals surface area contributed by atoms with E-state index < -0.39 is 7.82 Å². The Morgan fingerprint density at radius 2 is 1.22 bits per heavy atom. The molecule has 0 bridgehead atoms. The minimum Gasteiger partial charge on any atom is -0.303 e. The summed E-state index contributed by atoms with van der Waals surface area (Å²) in [4.78, 5) is 21.6. The van der Waals surface area contributed by atoms with Crippen molar-refractivity contribution in [2.75, 3.05) is 0 Å². The van der Waals surface area contributed by atoms with Gasteiger partial charge in [0.15, 0.2) is 12.1 Å². The largest absolute Gasteiger partial charge is 0.466 e. The topological polar surface area (TPSA) is 125 Å². The lowest BCUT2D eigenvalue weighted by Gasteiger charge is -1.82. The van der Waals surface area contributed by atoms with Gasteiger partial charge in [0.1, 0.15) is 0 Å². The Kier molecular flexibility index (Phi) is 6.37. The molecule has 0 aromatic carbocycles. The Labute approximate surface area is 50.8 Å².